The third-order valence-corrected chi connectivity index (χ3v) is 5.71. The minimum atomic E-state index is -0.418. The van der Waals surface area contributed by atoms with Crippen LogP contribution in [0.25, 0.3) is 0 Å². The molecule has 10 nitrogen and oxygen atoms in total. The molecule has 1 unspecified atom stereocenters. The molecule has 0 aliphatic carbocycles. The molecule has 162 valence electrons. The number of imidazole rings is 1. The van der Waals surface area contributed by atoms with Crippen molar-refractivity contribution in [2.24, 2.45) is 13.0 Å². The fourth-order valence-corrected chi connectivity index (χ4v) is 4.20. The van der Waals surface area contributed by atoms with E-state index in [0.29, 0.717) is 18.2 Å². The summed E-state index contributed by atoms with van der Waals surface area (Å²) in [6.07, 6.45) is 5.16. The first-order valence-corrected chi connectivity index (χ1v) is 10.3. The molecule has 2 aromatic heterocycles. The maximum Gasteiger partial charge on any atom is 0.293 e. The van der Waals surface area contributed by atoms with E-state index in [-0.39, 0.29) is 22.9 Å². The van der Waals surface area contributed by atoms with Crippen LogP contribution < -0.4 is 4.90 Å². The Balaban J connectivity index is 1.58. The number of nitrogens with zero attached hydrogens (tertiary/aromatic N) is 7. The molecule has 31 heavy (non-hydrogen) atoms. The smallest absolute Gasteiger partial charge is 0.293 e. The van der Waals surface area contributed by atoms with Gasteiger partial charge in [0.25, 0.3) is 5.69 Å². The molecule has 1 atom stereocenters. The van der Waals surface area contributed by atoms with Crippen molar-refractivity contribution >= 4 is 17.2 Å². The number of hydrogen-bond acceptors (Lipinski definition) is 7. The first kappa shape index (κ1) is 20.7. The summed E-state index contributed by atoms with van der Waals surface area (Å²) in [7, 11) is 1.72. The van der Waals surface area contributed by atoms with Crippen molar-refractivity contribution in [3.63, 3.8) is 0 Å². The second-order valence-electron chi connectivity index (χ2n) is 7.99. The van der Waals surface area contributed by atoms with Crippen LogP contribution in [-0.4, -0.2) is 48.1 Å². The molecule has 1 aliphatic heterocycles. The molecule has 1 aromatic carbocycles. The highest BCUT2D eigenvalue weighted by Crippen LogP contribution is 2.33. The number of rotatable bonds is 6. The van der Waals surface area contributed by atoms with Crippen LogP contribution in [0.15, 0.2) is 30.6 Å². The molecule has 3 aromatic rings. The van der Waals surface area contributed by atoms with E-state index in [1.54, 1.807) is 29.9 Å². The zero-order chi connectivity index (χ0) is 22.1. The Morgan fingerprint density at radius 2 is 2.13 bits per heavy atom. The van der Waals surface area contributed by atoms with Crippen LogP contribution >= 0.6 is 0 Å². The Labute approximate surface area is 179 Å². The summed E-state index contributed by atoms with van der Waals surface area (Å²) in [5.41, 5.74) is 0.734. The van der Waals surface area contributed by atoms with Gasteiger partial charge in [0.05, 0.1) is 4.92 Å². The number of aromatic nitrogens is 5. The number of carbonyl (C=O) groups excluding carboxylic acids is 1. The number of piperidine rings is 1. The highest BCUT2D eigenvalue weighted by atomic mass is 16.6. The Morgan fingerprint density at radius 3 is 2.77 bits per heavy atom. The highest BCUT2D eigenvalue weighted by molar-refractivity contribution is 6.07. The van der Waals surface area contributed by atoms with E-state index in [1.165, 1.54) is 12.3 Å². The quantitative estimate of drug-likeness (QED) is 0.340. The third-order valence-electron chi connectivity index (χ3n) is 5.71. The molecule has 1 fully saturated rings. The van der Waals surface area contributed by atoms with Crippen molar-refractivity contribution in [2.75, 3.05) is 18.0 Å². The minimum Gasteiger partial charge on any atom is -0.366 e. The van der Waals surface area contributed by atoms with Crippen molar-refractivity contribution in [1.82, 2.24) is 24.3 Å². The van der Waals surface area contributed by atoms with Crippen LogP contribution in [0.3, 0.4) is 0 Å². The maximum absolute atomic E-state index is 12.7. The highest BCUT2D eigenvalue weighted by Gasteiger charge is 2.28. The summed E-state index contributed by atoms with van der Waals surface area (Å²) in [5, 5.41) is 16.3. The SMILES string of the molecule is Cc1nc(C)n(CC2CCCN(c3ccc(C(=O)c4nccn4C)cc3[N+](=O)[O-])C2)n1. The van der Waals surface area contributed by atoms with Crippen LogP contribution in [0.1, 0.15) is 40.7 Å². The Bertz CT molecular complexity index is 1130. The van der Waals surface area contributed by atoms with Gasteiger partial charge < -0.3 is 9.47 Å². The number of carbonyl (C=O) groups is 1. The van der Waals surface area contributed by atoms with Gasteiger partial charge in [-0.3, -0.25) is 14.9 Å². The first-order valence-electron chi connectivity index (χ1n) is 10.3. The molecular formula is C21H25N7O3. The normalized spacial score (nSPS) is 16.5. The summed E-state index contributed by atoms with van der Waals surface area (Å²) in [6.45, 7) is 5.95. The van der Waals surface area contributed by atoms with Crippen molar-refractivity contribution in [3.05, 3.63) is 63.7 Å². The van der Waals surface area contributed by atoms with Gasteiger partial charge in [0.2, 0.25) is 5.78 Å². The second-order valence-corrected chi connectivity index (χ2v) is 7.99. The summed E-state index contributed by atoms with van der Waals surface area (Å²) >= 11 is 0. The largest absolute Gasteiger partial charge is 0.366 e. The van der Waals surface area contributed by atoms with Gasteiger partial charge in [-0.2, -0.15) is 5.10 Å². The van der Waals surface area contributed by atoms with Gasteiger partial charge in [-0.15, -0.1) is 0 Å². The Kier molecular flexibility index (Phi) is 5.53. The number of anilines is 1. The zero-order valence-electron chi connectivity index (χ0n) is 17.9. The fourth-order valence-electron chi connectivity index (χ4n) is 4.20. The number of nitro benzene ring substituents is 1. The molecule has 0 saturated carbocycles. The van der Waals surface area contributed by atoms with Crippen molar-refractivity contribution in [2.45, 2.75) is 33.2 Å². The minimum absolute atomic E-state index is 0.0616. The lowest BCUT2D eigenvalue weighted by Crippen LogP contribution is -2.37. The van der Waals surface area contributed by atoms with E-state index in [9.17, 15) is 14.9 Å². The predicted octanol–water partition coefficient (Wildman–Crippen LogP) is 2.68. The molecule has 1 saturated heterocycles. The van der Waals surface area contributed by atoms with Crippen LogP contribution in [0.5, 0.6) is 0 Å². The van der Waals surface area contributed by atoms with E-state index >= 15 is 0 Å². The van der Waals surface area contributed by atoms with Gasteiger partial charge in [0.1, 0.15) is 17.3 Å². The van der Waals surface area contributed by atoms with Crippen LogP contribution in [0.2, 0.25) is 0 Å². The molecule has 0 N–H and O–H groups in total. The number of nitro groups is 1. The standard InChI is InChI=1S/C21H25N7O3/c1-14-23-15(2)27(24-14)13-16-5-4-9-26(12-16)18-7-6-17(11-19(18)28(30)31)20(29)21-22-8-10-25(21)3/h6-8,10-11,16H,4-5,9,12-13H2,1-3H3. The van der Waals surface area contributed by atoms with Crippen molar-refractivity contribution < 1.29 is 9.72 Å². The average Bonchev–Trinajstić information content (AvgIpc) is 3.31. The first-order chi connectivity index (χ1) is 14.8. The van der Waals surface area contributed by atoms with E-state index in [1.807, 2.05) is 23.4 Å². The molecule has 0 bridgehead atoms. The maximum atomic E-state index is 12.7. The zero-order valence-corrected chi connectivity index (χ0v) is 17.9. The van der Waals surface area contributed by atoms with Crippen molar-refractivity contribution in [3.8, 4) is 0 Å². The number of benzene rings is 1. The second kappa shape index (κ2) is 8.29. The van der Waals surface area contributed by atoms with Gasteiger partial charge in [0.15, 0.2) is 5.82 Å². The number of ketones is 1. The lowest BCUT2D eigenvalue weighted by atomic mass is 9.97. The molecular weight excluding hydrogens is 398 g/mol. The lowest BCUT2D eigenvalue weighted by molar-refractivity contribution is -0.384. The summed E-state index contributed by atoms with van der Waals surface area (Å²) in [4.78, 5) is 34.6. The number of aryl methyl sites for hydroxylation is 3. The van der Waals surface area contributed by atoms with Gasteiger partial charge in [-0.1, -0.05) is 0 Å². The molecule has 1 aliphatic rings. The van der Waals surface area contributed by atoms with Gasteiger partial charge in [-0.25, -0.2) is 14.6 Å². The Hall–Kier alpha value is -3.56. The average molecular weight is 423 g/mol. The van der Waals surface area contributed by atoms with Gasteiger partial charge >= 0.3 is 0 Å². The predicted molar refractivity (Wildman–Crippen MR) is 114 cm³/mol. The Morgan fingerprint density at radius 1 is 1.32 bits per heavy atom. The lowest BCUT2D eigenvalue weighted by Gasteiger charge is -2.34. The van der Waals surface area contributed by atoms with Crippen LogP contribution in [-0.2, 0) is 13.6 Å². The van der Waals surface area contributed by atoms with Gasteiger partial charge in [-0.05, 0) is 44.7 Å². The molecule has 0 amide bonds. The number of hydrogen-bond donors (Lipinski definition) is 0. The van der Waals surface area contributed by atoms with E-state index in [0.717, 1.165) is 37.6 Å². The van der Waals surface area contributed by atoms with E-state index in [2.05, 4.69) is 15.1 Å². The topological polar surface area (TPSA) is 112 Å². The van der Waals surface area contributed by atoms with Crippen LogP contribution in [0, 0.1) is 29.9 Å². The summed E-state index contributed by atoms with van der Waals surface area (Å²) in [5.74, 6) is 1.84. The molecule has 3 heterocycles. The summed E-state index contributed by atoms with van der Waals surface area (Å²) < 4.78 is 3.51. The fraction of sp³-hybridized carbons (Fsp3) is 0.429. The third kappa shape index (κ3) is 4.18. The molecule has 0 radical (unpaired) electrons. The summed E-state index contributed by atoms with van der Waals surface area (Å²) in [6, 6.07) is 4.69. The van der Waals surface area contributed by atoms with Crippen LogP contribution in [0.4, 0.5) is 11.4 Å². The van der Waals surface area contributed by atoms with Gasteiger partial charge in [0, 0.05) is 50.7 Å². The van der Waals surface area contributed by atoms with Crippen molar-refractivity contribution in [1.29, 1.82) is 0 Å². The molecule has 0 spiro atoms. The molecule has 4 rings (SSSR count). The van der Waals surface area contributed by atoms with E-state index < -0.39 is 4.92 Å². The van der Waals surface area contributed by atoms with E-state index in [4.69, 9.17) is 0 Å². The monoisotopic (exact) mass is 423 g/mol. The molecule has 10 heteroatoms.